The van der Waals surface area contributed by atoms with Crippen molar-refractivity contribution in [2.24, 2.45) is 17.6 Å². The number of hydrogen-bond donors (Lipinski definition) is 1. The highest BCUT2D eigenvalue weighted by Crippen LogP contribution is 2.25. The zero-order valence-electron chi connectivity index (χ0n) is 13.3. The van der Waals surface area contributed by atoms with Crippen LogP contribution in [0.3, 0.4) is 0 Å². The second kappa shape index (κ2) is 6.39. The Hall–Kier alpha value is -1.69. The van der Waals surface area contributed by atoms with E-state index in [0.717, 1.165) is 0 Å². The van der Waals surface area contributed by atoms with Gasteiger partial charge in [-0.3, -0.25) is 14.1 Å². The third kappa shape index (κ3) is 3.50. The zero-order chi connectivity index (χ0) is 16.4. The average molecular weight is 296 g/mol. The molecular weight excluding hydrogens is 270 g/mol. The number of carbonyl (C=O) groups excluding carboxylic acids is 3. The lowest BCUT2D eigenvalue weighted by Crippen LogP contribution is -2.62. The van der Waals surface area contributed by atoms with E-state index in [1.54, 1.807) is 19.0 Å². The molecule has 21 heavy (non-hydrogen) atoms. The summed E-state index contributed by atoms with van der Waals surface area (Å²) < 4.78 is -0.0756. The van der Waals surface area contributed by atoms with Crippen LogP contribution in [0.15, 0.2) is 12.7 Å². The minimum atomic E-state index is -0.568. The van der Waals surface area contributed by atoms with Gasteiger partial charge in [0.25, 0.3) is 5.91 Å². The van der Waals surface area contributed by atoms with Crippen molar-refractivity contribution in [2.45, 2.75) is 26.3 Å². The van der Waals surface area contributed by atoms with E-state index >= 15 is 0 Å². The van der Waals surface area contributed by atoms with Gasteiger partial charge < -0.3 is 10.6 Å². The second-order valence-corrected chi connectivity index (χ2v) is 6.44. The summed E-state index contributed by atoms with van der Waals surface area (Å²) in [6.45, 7) is 8.15. The summed E-state index contributed by atoms with van der Waals surface area (Å²) in [6, 6.07) is -0.568. The predicted molar refractivity (Wildman–Crippen MR) is 79.8 cm³/mol. The molecule has 2 N–H and O–H groups in total. The Bertz CT molecular complexity index is 457. The fraction of sp³-hybridized carbons (Fsp3) is 0.667. The van der Waals surface area contributed by atoms with Crippen molar-refractivity contribution >= 4 is 17.7 Å². The Morgan fingerprint density at radius 1 is 1.33 bits per heavy atom. The van der Waals surface area contributed by atoms with Gasteiger partial charge in [-0.2, -0.15) is 0 Å². The maximum Gasteiger partial charge on any atom is 0.318 e. The second-order valence-electron chi connectivity index (χ2n) is 6.44. The Morgan fingerprint density at radius 2 is 1.90 bits per heavy atom. The largest absolute Gasteiger partial charge is 0.364 e. The van der Waals surface area contributed by atoms with Gasteiger partial charge in [-0.05, 0) is 12.5 Å². The van der Waals surface area contributed by atoms with Crippen LogP contribution in [0.4, 0.5) is 0 Å². The van der Waals surface area contributed by atoms with Crippen LogP contribution < -0.4 is 5.73 Å². The van der Waals surface area contributed by atoms with Gasteiger partial charge in [0, 0.05) is 19.0 Å². The van der Waals surface area contributed by atoms with Crippen LogP contribution in [0.5, 0.6) is 0 Å². The fourth-order valence-electron chi connectivity index (χ4n) is 3.29. The quantitative estimate of drug-likeness (QED) is 0.578. The van der Waals surface area contributed by atoms with Crippen LogP contribution >= 0.6 is 0 Å². The molecule has 1 fully saturated rings. The van der Waals surface area contributed by atoms with Gasteiger partial charge in [-0.15, -0.1) is 0 Å². The monoisotopic (exact) mass is 296 g/mol. The summed E-state index contributed by atoms with van der Waals surface area (Å²) in [5, 5.41) is 0. The smallest absolute Gasteiger partial charge is 0.318 e. The van der Waals surface area contributed by atoms with Crippen molar-refractivity contribution in [2.75, 3.05) is 27.2 Å². The molecule has 118 valence electrons. The van der Waals surface area contributed by atoms with Crippen molar-refractivity contribution in [3.8, 4) is 0 Å². The third-order valence-electron chi connectivity index (χ3n) is 4.21. The lowest BCUT2D eigenvalue weighted by atomic mass is 9.97. The van der Waals surface area contributed by atoms with Crippen LogP contribution in [0.1, 0.15) is 20.3 Å². The molecule has 1 rings (SSSR count). The van der Waals surface area contributed by atoms with Gasteiger partial charge in [-0.25, -0.2) is 4.79 Å². The molecule has 3 amide bonds. The molecule has 6 heteroatoms. The average Bonchev–Trinajstić information content (AvgIpc) is 2.84. The summed E-state index contributed by atoms with van der Waals surface area (Å²) in [7, 11) is 3.44. The van der Waals surface area contributed by atoms with E-state index in [1.807, 2.05) is 13.8 Å². The van der Waals surface area contributed by atoms with Crippen molar-refractivity contribution in [3.05, 3.63) is 12.7 Å². The number of primary amides is 1. The highest BCUT2D eigenvalue weighted by Gasteiger charge is 2.46. The van der Waals surface area contributed by atoms with Crippen molar-refractivity contribution < 1.29 is 18.9 Å². The van der Waals surface area contributed by atoms with E-state index in [0.29, 0.717) is 19.5 Å². The molecule has 0 bridgehead atoms. The van der Waals surface area contributed by atoms with Crippen LogP contribution in [-0.4, -0.2) is 60.3 Å². The predicted octanol–water partition coefficient (Wildman–Crippen LogP) is 0.134. The molecule has 1 aliphatic rings. The lowest BCUT2D eigenvalue weighted by molar-refractivity contribution is -0.836. The maximum atomic E-state index is 12.8. The minimum absolute atomic E-state index is 0.0336. The van der Waals surface area contributed by atoms with Gasteiger partial charge in [0.05, 0.1) is 20.0 Å². The fourth-order valence-corrected chi connectivity index (χ4v) is 3.29. The summed E-state index contributed by atoms with van der Waals surface area (Å²) in [4.78, 5) is 37.7. The molecule has 0 aromatic rings. The first-order chi connectivity index (χ1) is 9.62. The number of carbonyl (C=O) groups is 3. The first-order valence-electron chi connectivity index (χ1n) is 7.21. The zero-order valence-corrected chi connectivity index (χ0v) is 13.3. The van der Waals surface area contributed by atoms with E-state index in [4.69, 9.17) is 5.73 Å². The molecule has 6 nitrogen and oxygen atoms in total. The number of hydrogen-bond acceptors (Lipinski definition) is 3. The van der Waals surface area contributed by atoms with Gasteiger partial charge in [-0.1, -0.05) is 20.4 Å². The van der Waals surface area contributed by atoms with E-state index in [1.165, 1.54) is 6.08 Å². The van der Waals surface area contributed by atoms with E-state index < -0.39 is 11.9 Å². The first-order valence-corrected chi connectivity index (χ1v) is 7.21. The van der Waals surface area contributed by atoms with Crippen molar-refractivity contribution in [3.63, 3.8) is 0 Å². The SMILES string of the molecule is C=CC(=O)N1CC[C@H](C(=O)[N+](C)(C)[C@H](C(N)=O)C(C)C)C1. The van der Waals surface area contributed by atoms with E-state index in [2.05, 4.69) is 6.58 Å². The molecule has 0 unspecified atom stereocenters. The van der Waals surface area contributed by atoms with Crippen molar-refractivity contribution in [1.29, 1.82) is 0 Å². The Balaban J connectivity index is 2.89. The molecule has 0 aromatic carbocycles. The molecule has 0 spiro atoms. The molecular formula is C15H26N3O3+. The Labute approximate surface area is 126 Å². The number of nitrogens with two attached hydrogens (primary N) is 1. The molecule has 1 saturated heterocycles. The summed E-state index contributed by atoms with van der Waals surface area (Å²) in [6.07, 6.45) is 1.87. The first kappa shape index (κ1) is 17.4. The van der Waals surface area contributed by atoms with Crippen LogP contribution in [0.25, 0.3) is 0 Å². The molecule has 2 atom stereocenters. The number of rotatable bonds is 5. The third-order valence-corrected chi connectivity index (χ3v) is 4.21. The Kier molecular flexibility index (Phi) is 5.28. The molecule has 0 saturated carbocycles. The van der Waals surface area contributed by atoms with Crippen LogP contribution in [0, 0.1) is 11.8 Å². The Morgan fingerprint density at radius 3 is 2.33 bits per heavy atom. The number of amides is 3. The van der Waals surface area contributed by atoms with Crippen molar-refractivity contribution in [1.82, 2.24) is 4.90 Å². The van der Waals surface area contributed by atoms with E-state index in [-0.39, 0.29) is 28.1 Å². The molecule has 0 aromatic heterocycles. The van der Waals surface area contributed by atoms with E-state index in [9.17, 15) is 14.4 Å². The lowest BCUT2D eigenvalue weighted by Gasteiger charge is -2.37. The molecule has 1 heterocycles. The van der Waals surface area contributed by atoms with Gasteiger partial charge in [0.15, 0.2) is 6.04 Å². The number of likely N-dealkylation sites (N-methyl/N-ethyl adjacent to an activating group) is 1. The summed E-state index contributed by atoms with van der Waals surface area (Å²) in [5.74, 6) is -0.976. The van der Waals surface area contributed by atoms with Gasteiger partial charge in [0.2, 0.25) is 5.91 Å². The molecule has 0 radical (unpaired) electrons. The number of quaternary nitrogens is 1. The number of nitrogens with zero attached hydrogens (tertiary/aromatic N) is 2. The van der Waals surface area contributed by atoms with Gasteiger partial charge in [0.1, 0.15) is 0 Å². The molecule has 1 aliphatic heterocycles. The van der Waals surface area contributed by atoms with Crippen LogP contribution in [-0.2, 0) is 14.4 Å². The highest BCUT2D eigenvalue weighted by atomic mass is 16.2. The summed E-state index contributed by atoms with van der Waals surface area (Å²) >= 11 is 0. The molecule has 0 aliphatic carbocycles. The topological polar surface area (TPSA) is 80.5 Å². The number of likely N-dealkylation sites (tertiary alicyclic amines) is 1. The standard InChI is InChI=1S/C15H25N3O3/c1-6-12(19)17-8-7-11(9-17)15(21)18(4,5)13(10(2)3)14(16)20/h6,10-11,13H,1,7-9H2,2-5H3,(H-,16,20)/p+1/t11-,13-/m0/s1. The highest BCUT2D eigenvalue weighted by molar-refractivity contribution is 5.88. The van der Waals surface area contributed by atoms with Gasteiger partial charge >= 0.3 is 5.91 Å². The summed E-state index contributed by atoms with van der Waals surface area (Å²) in [5.41, 5.74) is 5.47. The minimum Gasteiger partial charge on any atom is -0.364 e. The normalized spacial score (nSPS) is 20.4. The maximum absolute atomic E-state index is 12.8. The van der Waals surface area contributed by atoms with Crippen LogP contribution in [0.2, 0.25) is 0 Å².